The molecule has 2 heterocycles. The van der Waals surface area contributed by atoms with Gasteiger partial charge in [-0.2, -0.15) is 0 Å². The molecule has 0 saturated carbocycles. The molecule has 1 amide bonds. The number of hydrogen-bond acceptors (Lipinski definition) is 6. The second kappa shape index (κ2) is 5.01. The number of carbonyl (C=O) groups is 2. The molecule has 2 aliphatic rings. The minimum atomic E-state index is -3.79. The molecule has 0 bridgehead atoms. The maximum atomic E-state index is 12.2. The number of carbonyl (C=O) groups excluding carboxylic acids is 2. The summed E-state index contributed by atoms with van der Waals surface area (Å²) in [6, 6.07) is 0. The van der Waals surface area contributed by atoms with Crippen LogP contribution in [0.4, 0.5) is 5.13 Å². The summed E-state index contributed by atoms with van der Waals surface area (Å²) >= 11 is 1.16. The summed E-state index contributed by atoms with van der Waals surface area (Å²) < 4.78 is 22.8. The van der Waals surface area contributed by atoms with Gasteiger partial charge < -0.3 is 0 Å². The van der Waals surface area contributed by atoms with Crippen LogP contribution in [0, 0.1) is 5.41 Å². The van der Waals surface area contributed by atoms with Crippen LogP contribution < -0.4 is 4.90 Å². The molecule has 9 heteroatoms. The predicted molar refractivity (Wildman–Crippen MR) is 84.1 cm³/mol. The van der Waals surface area contributed by atoms with Crippen molar-refractivity contribution in [1.29, 1.82) is 0 Å². The van der Waals surface area contributed by atoms with Crippen molar-refractivity contribution in [3.05, 3.63) is 10.6 Å². The number of hydrogen-bond donors (Lipinski definition) is 0. The molecule has 0 aromatic carbocycles. The average Bonchev–Trinajstić information content (AvgIpc) is 2.90. The van der Waals surface area contributed by atoms with Gasteiger partial charge in [0, 0.05) is 30.1 Å². The first-order valence-electron chi connectivity index (χ1n) is 6.83. The first kappa shape index (κ1) is 15.9. The minimum absolute atomic E-state index is 0.00531. The number of ketones is 1. The van der Waals surface area contributed by atoms with E-state index in [0.717, 1.165) is 11.3 Å². The van der Waals surface area contributed by atoms with Gasteiger partial charge in [0.15, 0.2) is 10.9 Å². The Morgan fingerprint density at radius 2 is 2.00 bits per heavy atom. The van der Waals surface area contributed by atoms with Crippen molar-refractivity contribution >= 4 is 47.9 Å². The summed E-state index contributed by atoms with van der Waals surface area (Å²) in [7, 11) is 1.55. The lowest BCUT2D eigenvalue weighted by molar-refractivity contribution is -0.117. The average molecular weight is 363 g/mol. The van der Waals surface area contributed by atoms with Crippen molar-refractivity contribution in [3.8, 4) is 0 Å². The normalized spacial score (nSPS) is 24.7. The van der Waals surface area contributed by atoms with Crippen LogP contribution in [0.2, 0.25) is 0 Å². The Hall–Kier alpha value is -0.990. The zero-order valence-corrected chi connectivity index (χ0v) is 14.5. The number of thiazole rings is 1. The highest BCUT2D eigenvalue weighted by Gasteiger charge is 2.41. The van der Waals surface area contributed by atoms with Gasteiger partial charge >= 0.3 is 0 Å². The quantitative estimate of drug-likeness (QED) is 0.751. The van der Waals surface area contributed by atoms with Crippen LogP contribution in [0.5, 0.6) is 0 Å². The first-order chi connectivity index (χ1) is 10.1. The number of rotatable bonds is 2. The van der Waals surface area contributed by atoms with E-state index in [4.69, 9.17) is 10.7 Å². The number of anilines is 1. The van der Waals surface area contributed by atoms with E-state index >= 15 is 0 Å². The standard InChI is InChI=1S/C13H15ClN2O4S2/c1-13(2)4-8-11(9(17)5-13)21-12(15-8)16-6-7(3-10(16)18)22(14,19)20/h7H,3-6H2,1-2H3. The number of aromatic nitrogens is 1. The van der Waals surface area contributed by atoms with E-state index in [1.807, 2.05) is 13.8 Å². The van der Waals surface area contributed by atoms with Gasteiger partial charge in [0.25, 0.3) is 0 Å². The van der Waals surface area contributed by atoms with Gasteiger partial charge in [-0.15, -0.1) is 0 Å². The van der Waals surface area contributed by atoms with Gasteiger partial charge in [-0.3, -0.25) is 14.5 Å². The molecule has 1 aliphatic heterocycles. The van der Waals surface area contributed by atoms with Gasteiger partial charge in [0.1, 0.15) is 5.25 Å². The summed E-state index contributed by atoms with van der Waals surface area (Å²) in [6.07, 6.45) is 0.980. The number of halogens is 1. The molecular formula is C13H15ClN2O4S2. The summed E-state index contributed by atoms with van der Waals surface area (Å²) in [5.41, 5.74) is 0.554. The van der Waals surface area contributed by atoms with Crippen LogP contribution in [0.25, 0.3) is 0 Å². The Morgan fingerprint density at radius 3 is 2.59 bits per heavy atom. The SMILES string of the molecule is CC1(C)CC(=O)c2sc(N3CC(S(=O)(=O)Cl)CC3=O)nc2C1. The van der Waals surface area contributed by atoms with Crippen molar-refractivity contribution in [2.24, 2.45) is 5.41 Å². The predicted octanol–water partition coefficient (Wildman–Crippen LogP) is 1.97. The molecule has 1 aromatic rings. The zero-order chi connectivity index (χ0) is 16.3. The van der Waals surface area contributed by atoms with E-state index in [0.29, 0.717) is 28.5 Å². The van der Waals surface area contributed by atoms with Crippen LogP contribution in [-0.2, 0) is 20.3 Å². The van der Waals surface area contributed by atoms with Gasteiger partial charge in [-0.05, 0) is 11.8 Å². The number of nitrogens with zero attached hydrogens (tertiary/aromatic N) is 2. The van der Waals surface area contributed by atoms with E-state index in [2.05, 4.69) is 4.98 Å². The van der Waals surface area contributed by atoms with E-state index in [1.165, 1.54) is 4.90 Å². The third kappa shape index (κ3) is 2.79. The molecule has 3 rings (SSSR count). The highest BCUT2D eigenvalue weighted by Crippen LogP contribution is 2.40. The Morgan fingerprint density at radius 1 is 1.32 bits per heavy atom. The van der Waals surface area contributed by atoms with Crippen LogP contribution in [0.3, 0.4) is 0 Å². The molecule has 120 valence electrons. The topological polar surface area (TPSA) is 84.4 Å². The largest absolute Gasteiger partial charge is 0.293 e. The Balaban J connectivity index is 1.92. The molecule has 1 atom stereocenters. The van der Waals surface area contributed by atoms with Crippen molar-refractivity contribution in [3.63, 3.8) is 0 Å². The highest BCUT2D eigenvalue weighted by molar-refractivity contribution is 8.14. The smallest absolute Gasteiger partial charge is 0.237 e. The molecular weight excluding hydrogens is 348 g/mol. The fourth-order valence-corrected chi connectivity index (χ4v) is 4.94. The van der Waals surface area contributed by atoms with Gasteiger partial charge in [-0.25, -0.2) is 13.4 Å². The molecule has 1 fully saturated rings. The van der Waals surface area contributed by atoms with Crippen molar-refractivity contribution in [2.45, 2.75) is 38.4 Å². The van der Waals surface area contributed by atoms with E-state index in [-0.39, 0.29) is 30.1 Å². The van der Waals surface area contributed by atoms with Gasteiger partial charge in [0.05, 0.1) is 10.6 Å². The fourth-order valence-electron chi connectivity index (χ4n) is 2.87. The number of Topliss-reactive ketones (excluding diaryl/α,β-unsaturated/α-hetero) is 1. The fraction of sp³-hybridized carbons (Fsp3) is 0.615. The maximum absolute atomic E-state index is 12.2. The Bertz CT molecular complexity index is 769. The van der Waals surface area contributed by atoms with Crippen molar-refractivity contribution in [2.75, 3.05) is 11.4 Å². The van der Waals surface area contributed by atoms with Gasteiger partial charge in [0.2, 0.25) is 15.0 Å². The summed E-state index contributed by atoms with van der Waals surface area (Å²) in [5.74, 6) is -0.296. The lowest BCUT2D eigenvalue weighted by Crippen LogP contribution is -2.27. The molecule has 6 nitrogen and oxygen atoms in total. The van der Waals surface area contributed by atoms with Crippen LogP contribution >= 0.6 is 22.0 Å². The second-order valence-electron chi connectivity index (χ2n) is 6.52. The van der Waals surface area contributed by atoms with E-state index in [9.17, 15) is 18.0 Å². The maximum Gasteiger partial charge on any atom is 0.237 e. The Labute approximate surface area is 136 Å². The van der Waals surface area contributed by atoms with Crippen LogP contribution in [0.15, 0.2) is 0 Å². The molecule has 1 aliphatic carbocycles. The molecule has 0 spiro atoms. The molecule has 0 radical (unpaired) electrons. The molecule has 22 heavy (non-hydrogen) atoms. The second-order valence-corrected chi connectivity index (χ2v) is 10.4. The summed E-state index contributed by atoms with van der Waals surface area (Å²) in [4.78, 5) is 30.5. The lowest BCUT2D eigenvalue weighted by atomic mass is 9.78. The third-order valence-corrected chi connectivity index (χ3v) is 6.97. The van der Waals surface area contributed by atoms with Gasteiger partial charge in [-0.1, -0.05) is 25.2 Å². The molecule has 1 aromatic heterocycles. The van der Waals surface area contributed by atoms with E-state index < -0.39 is 14.3 Å². The van der Waals surface area contributed by atoms with Crippen LogP contribution in [-0.4, -0.2) is 36.9 Å². The zero-order valence-electron chi connectivity index (χ0n) is 12.1. The molecule has 1 saturated heterocycles. The van der Waals surface area contributed by atoms with E-state index in [1.54, 1.807) is 0 Å². The minimum Gasteiger partial charge on any atom is -0.293 e. The van der Waals surface area contributed by atoms with Crippen molar-refractivity contribution in [1.82, 2.24) is 4.98 Å². The third-order valence-electron chi connectivity index (χ3n) is 3.94. The number of amides is 1. The number of fused-ring (bicyclic) bond motifs is 1. The monoisotopic (exact) mass is 362 g/mol. The first-order valence-corrected chi connectivity index (χ1v) is 10.0. The Kier molecular flexibility index (Phi) is 3.61. The van der Waals surface area contributed by atoms with Crippen LogP contribution in [0.1, 0.15) is 42.1 Å². The summed E-state index contributed by atoms with van der Waals surface area (Å²) in [6.45, 7) is 4.00. The highest BCUT2D eigenvalue weighted by atomic mass is 35.7. The molecule has 0 N–H and O–H groups in total. The van der Waals surface area contributed by atoms with Crippen molar-refractivity contribution < 1.29 is 18.0 Å². The summed E-state index contributed by atoms with van der Waals surface area (Å²) in [5, 5.41) is -0.529. The molecule has 1 unspecified atom stereocenters. The lowest BCUT2D eigenvalue weighted by Gasteiger charge is -2.26.